The van der Waals surface area contributed by atoms with Crippen LogP contribution in [0, 0.1) is 11.7 Å². The minimum atomic E-state index is -3.58. The summed E-state index contributed by atoms with van der Waals surface area (Å²) >= 11 is 0. The molecule has 0 saturated carbocycles. The van der Waals surface area contributed by atoms with E-state index >= 15 is 0 Å². The molecule has 0 bridgehead atoms. The van der Waals surface area contributed by atoms with Crippen molar-refractivity contribution in [2.75, 3.05) is 19.6 Å². The summed E-state index contributed by atoms with van der Waals surface area (Å²) in [4.78, 5) is 6.59. The molecule has 0 radical (unpaired) electrons. The summed E-state index contributed by atoms with van der Waals surface area (Å²) in [6.07, 6.45) is 5.55. The summed E-state index contributed by atoms with van der Waals surface area (Å²) in [5.74, 6) is -0.125. The Balaban J connectivity index is 1.47. The average Bonchev–Trinajstić information content (AvgIpc) is 2.62. The lowest BCUT2D eigenvalue weighted by atomic mass is 9.97. The molecule has 3 rings (SSSR count). The van der Waals surface area contributed by atoms with E-state index in [0.29, 0.717) is 12.5 Å². The molecule has 1 N–H and O–H groups in total. The number of sulfonamides is 1. The van der Waals surface area contributed by atoms with E-state index in [9.17, 15) is 12.8 Å². The minimum absolute atomic E-state index is 0.0999. The van der Waals surface area contributed by atoms with E-state index in [0.717, 1.165) is 44.6 Å². The fourth-order valence-electron chi connectivity index (χ4n) is 3.02. The highest BCUT2D eigenvalue weighted by atomic mass is 32.2. The topological polar surface area (TPSA) is 62.3 Å². The van der Waals surface area contributed by atoms with Gasteiger partial charge >= 0.3 is 0 Å². The van der Waals surface area contributed by atoms with Crippen molar-refractivity contribution in [3.05, 3.63) is 60.2 Å². The van der Waals surface area contributed by atoms with Crippen LogP contribution in [0.2, 0.25) is 0 Å². The number of nitrogens with one attached hydrogen (secondary N) is 1. The van der Waals surface area contributed by atoms with Crippen molar-refractivity contribution in [3.8, 4) is 0 Å². The van der Waals surface area contributed by atoms with Crippen LogP contribution in [-0.4, -0.2) is 37.9 Å². The molecule has 0 amide bonds. The number of nitrogens with zero attached hydrogens (tertiary/aromatic N) is 2. The van der Waals surface area contributed by atoms with Gasteiger partial charge in [-0.2, -0.15) is 0 Å². The van der Waals surface area contributed by atoms with Crippen LogP contribution in [-0.2, 0) is 16.6 Å². The third-order valence-corrected chi connectivity index (χ3v) is 5.96. The monoisotopic (exact) mass is 363 g/mol. The second kappa shape index (κ2) is 8.03. The van der Waals surface area contributed by atoms with Crippen LogP contribution in [0.25, 0.3) is 0 Å². The van der Waals surface area contributed by atoms with Crippen molar-refractivity contribution in [1.82, 2.24) is 14.6 Å². The molecule has 0 aliphatic carbocycles. The van der Waals surface area contributed by atoms with E-state index in [2.05, 4.69) is 20.7 Å². The number of aromatic nitrogens is 1. The first-order valence-electron chi connectivity index (χ1n) is 8.39. The lowest BCUT2D eigenvalue weighted by Crippen LogP contribution is -2.38. The van der Waals surface area contributed by atoms with Crippen molar-refractivity contribution >= 4 is 10.0 Å². The molecule has 0 unspecified atom stereocenters. The molecule has 1 aromatic heterocycles. The Morgan fingerprint density at radius 3 is 2.52 bits per heavy atom. The molecule has 7 heteroatoms. The highest BCUT2D eigenvalue weighted by molar-refractivity contribution is 7.89. The first kappa shape index (κ1) is 18.0. The number of pyridine rings is 1. The molecule has 1 fully saturated rings. The summed E-state index contributed by atoms with van der Waals surface area (Å²) in [7, 11) is -3.58. The fourth-order valence-corrected chi connectivity index (χ4v) is 4.14. The van der Waals surface area contributed by atoms with Crippen molar-refractivity contribution in [2.45, 2.75) is 24.3 Å². The van der Waals surface area contributed by atoms with Gasteiger partial charge in [-0.1, -0.05) is 6.07 Å². The number of rotatable bonds is 6. The highest BCUT2D eigenvalue weighted by Gasteiger charge is 2.22. The first-order chi connectivity index (χ1) is 12.0. The van der Waals surface area contributed by atoms with Crippen LogP contribution in [0.4, 0.5) is 4.39 Å². The van der Waals surface area contributed by atoms with Gasteiger partial charge in [0.15, 0.2) is 0 Å². The molecule has 0 spiro atoms. The Hall–Kier alpha value is -1.83. The van der Waals surface area contributed by atoms with Crippen LogP contribution in [0.5, 0.6) is 0 Å². The maximum Gasteiger partial charge on any atom is 0.240 e. The molecule has 1 aromatic carbocycles. The Bertz CT molecular complexity index is 774. The zero-order valence-corrected chi connectivity index (χ0v) is 14.8. The van der Waals surface area contributed by atoms with Crippen LogP contribution in [0.3, 0.4) is 0 Å². The van der Waals surface area contributed by atoms with Gasteiger partial charge in [-0.3, -0.25) is 9.88 Å². The fraction of sp³-hybridized carbons (Fsp3) is 0.389. The Morgan fingerprint density at radius 1 is 1.16 bits per heavy atom. The number of hydrogen-bond donors (Lipinski definition) is 1. The van der Waals surface area contributed by atoms with Crippen LogP contribution in [0.1, 0.15) is 18.4 Å². The van der Waals surface area contributed by atoms with Gasteiger partial charge in [0.05, 0.1) is 4.90 Å². The lowest BCUT2D eigenvalue weighted by Gasteiger charge is -2.31. The second-order valence-electron chi connectivity index (χ2n) is 6.39. The molecular weight excluding hydrogens is 341 g/mol. The first-order valence-corrected chi connectivity index (χ1v) is 9.88. The molecule has 2 aromatic rings. The summed E-state index contributed by atoms with van der Waals surface area (Å²) < 4.78 is 40.1. The van der Waals surface area contributed by atoms with Gasteiger partial charge in [0, 0.05) is 25.5 Å². The Kier molecular flexibility index (Phi) is 5.78. The van der Waals surface area contributed by atoms with E-state index in [4.69, 9.17) is 0 Å². The zero-order valence-electron chi connectivity index (χ0n) is 13.9. The van der Waals surface area contributed by atoms with Crippen molar-refractivity contribution in [2.24, 2.45) is 5.92 Å². The van der Waals surface area contributed by atoms with E-state index in [1.807, 2.05) is 12.3 Å². The highest BCUT2D eigenvalue weighted by Crippen LogP contribution is 2.19. The van der Waals surface area contributed by atoms with Gasteiger partial charge in [-0.25, -0.2) is 17.5 Å². The molecule has 1 aliphatic rings. The van der Waals surface area contributed by atoms with Gasteiger partial charge in [-0.15, -0.1) is 0 Å². The van der Waals surface area contributed by atoms with Crippen LogP contribution in [0.15, 0.2) is 53.7 Å². The minimum Gasteiger partial charge on any atom is -0.299 e. The maximum atomic E-state index is 12.9. The number of hydrogen-bond acceptors (Lipinski definition) is 4. The van der Waals surface area contributed by atoms with Gasteiger partial charge in [0.2, 0.25) is 10.0 Å². The van der Waals surface area contributed by atoms with Gasteiger partial charge < -0.3 is 0 Å². The van der Waals surface area contributed by atoms with Crippen LogP contribution < -0.4 is 4.72 Å². The van der Waals surface area contributed by atoms with E-state index in [1.165, 1.54) is 17.7 Å². The molecular formula is C18H22FN3O2S. The van der Waals surface area contributed by atoms with Crippen molar-refractivity contribution in [1.29, 1.82) is 0 Å². The maximum absolute atomic E-state index is 12.9. The molecule has 5 nitrogen and oxygen atoms in total. The normalized spacial score (nSPS) is 16.8. The number of piperidine rings is 1. The summed E-state index contributed by atoms with van der Waals surface area (Å²) in [5, 5.41) is 0. The molecule has 2 heterocycles. The number of likely N-dealkylation sites (tertiary alicyclic amines) is 1. The molecule has 25 heavy (non-hydrogen) atoms. The number of benzene rings is 1. The average molecular weight is 363 g/mol. The van der Waals surface area contributed by atoms with Gasteiger partial charge in [-0.05, 0) is 67.7 Å². The lowest BCUT2D eigenvalue weighted by molar-refractivity contribution is 0.178. The van der Waals surface area contributed by atoms with E-state index in [-0.39, 0.29) is 4.90 Å². The third kappa shape index (κ3) is 5.07. The number of halogens is 1. The van der Waals surface area contributed by atoms with Gasteiger partial charge in [0.25, 0.3) is 0 Å². The van der Waals surface area contributed by atoms with Crippen LogP contribution >= 0.6 is 0 Å². The van der Waals surface area contributed by atoms with E-state index < -0.39 is 15.8 Å². The standard InChI is InChI=1S/C18H22FN3O2S/c19-17-3-5-18(6-4-17)25(23,24)21-13-15-7-10-22(11-8-15)14-16-2-1-9-20-12-16/h1-6,9,12,15,21H,7-8,10-11,13-14H2. The predicted molar refractivity (Wildman–Crippen MR) is 93.8 cm³/mol. The van der Waals surface area contributed by atoms with Crippen molar-refractivity contribution in [3.63, 3.8) is 0 Å². The quantitative estimate of drug-likeness (QED) is 0.856. The van der Waals surface area contributed by atoms with Crippen molar-refractivity contribution < 1.29 is 12.8 Å². The Labute approximate surface area is 147 Å². The predicted octanol–water partition coefficient (Wildman–Crippen LogP) is 2.41. The molecule has 1 saturated heterocycles. The van der Waals surface area contributed by atoms with Gasteiger partial charge in [0.1, 0.15) is 5.82 Å². The third-order valence-electron chi connectivity index (χ3n) is 4.52. The summed E-state index contributed by atoms with van der Waals surface area (Å²) in [6, 6.07) is 8.89. The van der Waals surface area contributed by atoms with E-state index in [1.54, 1.807) is 6.20 Å². The largest absolute Gasteiger partial charge is 0.299 e. The summed E-state index contributed by atoms with van der Waals surface area (Å²) in [5.41, 5.74) is 1.19. The SMILES string of the molecule is O=S(=O)(NCC1CCN(Cc2cccnc2)CC1)c1ccc(F)cc1. The summed E-state index contributed by atoms with van der Waals surface area (Å²) in [6.45, 7) is 3.18. The molecule has 134 valence electrons. The second-order valence-corrected chi connectivity index (χ2v) is 8.15. The molecule has 1 aliphatic heterocycles. The Morgan fingerprint density at radius 2 is 1.88 bits per heavy atom. The zero-order chi connectivity index (χ0) is 17.7. The smallest absolute Gasteiger partial charge is 0.240 e. The molecule has 0 atom stereocenters.